The predicted molar refractivity (Wildman–Crippen MR) is 133 cm³/mol. The summed E-state index contributed by atoms with van der Waals surface area (Å²) in [4.78, 5) is 30.0. The maximum atomic E-state index is 13.0. The third-order valence-electron chi connectivity index (χ3n) is 6.35. The standard InChI is InChI=1S/C27H24F3N5O2/c1-16-8-9-18(13-21(16)33-25(36)22-15-31-23-7-2-3-12-35(22)23)24(17-10-11-17)34-26(37)32-20-6-4-5-19(14-20)27(28,29)30/h2-9,12-15,17,24H,10-11H2,1H3,(H,33,36)(H2,32,34,37)/t24-/m0/s1. The van der Waals surface area contributed by atoms with E-state index in [9.17, 15) is 22.8 Å². The second kappa shape index (κ2) is 9.61. The van der Waals surface area contributed by atoms with Crippen LogP contribution in [0.15, 0.2) is 73.1 Å². The van der Waals surface area contributed by atoms with E-state index in [1.807, 2.05) is 37.3 Å². The van der Waals surface area contributed by atoms with E-state index in [2.05, 4.69) is 20.9 Å². The average Bonchev–Trinajstić information content (AvgIpc) is 3.61. The van der Waals surface area contributed by atoms with Gasteiger partial charge in [-0.2, -0.15) is 13.2 Å². The molecule has 3 N–H and O–H groups in total. The molecule has 3 amide bonds. The van der Waals surface area contributed by atoms with Crippen molar-refractivity contribution in [2.75, 3.05) is 10.6 Å². The van der Waals surface area contributed by atoms with Gasteiger partial charge in [-0.25, -0.2) is 9.78 Å². The number of imidazole rings is 1. The fourth-order valence-corrected chi connectivity index (χ4v) is 4.24. The molecule has 1 aliphatic rings. The van der Waals surface area contributed by atoms with E-state index < -0.39 is 17.8 Å². The lowest BCUT2D eigenvalue weighted by Crippen LogP contribution is -2.33. The molecule has 2 aromatic carbocycles. The zero-order chi connectivity index (χ0) is 26.2. The lowest BCUT2D eigenvalue weighted by Gasteiger charge is -2.21. The molecule has 5 rings (SSSR count). The highest BCUT2D eigenvalue weighted by Gasteiger charge is 2.34. The summed E-state index contributed by atoms with van der Waals surface area (Å²) < 4.78 is 40.7. The number of benzene rings is 2. The van der Waals surface area contributed by atoms with Gasteiger partial charge in [-0.15, -0.1) is 0 Å². The molecule has 0 aliphatic heterocycles. The summed E-state index contributed by atoms with van der Waals surface area (Å²) in [6.07, 6.45) is 0.585. The first-order valence-electron chi connectivity index (χ1n) is 11.8. The Labute approximate surface area is 210 Å². The van der Waals surface area contributed by atoms with E-state index in [-0.39, 0.29) is 23.6 Å². The molecule has 10 heteroatoms. The number of carbonyl (C=O) groups is 2. The van der Waals surface area contributed by atoms with Crippen LogP contribution in [0.3, 0.4) is 0 Å². The lowest BCUT2D eigenvalue weighted by molar-refractivity contribution is -0.137. The normalized spacial score (nSPS) is 14.3. The van der Waals surface area contributed by atoms with Gasteiger partial charge < -0.3 is 16.0 Å². The van der Waals surface area contributed by atoms with Crippen molar-refractivity contribution in [1.82, 2.24) is 14.7 Å². The maximum absolute atomic E-state index is 13.0. The highest BCUT2D eigenvalue weighted by molar-refractivity contribution is 6.04. The molecule has 1 aliphatic carbocycles. The van der Waals surface area contributed by atoms with Crippen molar-refractivity contribution in [3.63, 3.8) is 0 Å². The van der Waals surface area contributed by atoms with Crippen LogP contribution in [-0.4, -0.2) is 21.3 Å². The number of hydrogen-bond donors (Lipinski definition) is 3. The van der Waals surface area contributed by atoms with Gasteiger partial charge in [-0.3, -0.25) is 9.20 Å². The van der Waals surface area contributed by atoms with E-state index in [4.69, 9.17) is 0 Å². The Morgan fingerprint density at radius 2 is 1.84 bits per heavy atom. The second-order valence-corrected chi connectivity index (χ2v) is 9.09. The number of urea groups is 1. The van der Waals surface area contributed by atoms with Crippen molar-refractivity contribution in [3.05, 3.63) is 95.4 Å². The molecule has 1 atom stereocenters. The summed E-state index contributed by atoms with van der Waals surface area (Å²) in [6, 6.07) is 14.6. The highest BCUT2D eigenvalue weighted by Crippen LogP contribution is 2.42. The molecule has 0 radical (unpaired) electrons. The van der Waals surface area contributed by atoms with Crippen LogP contribution in [0.5, 0.6) is 0 Å². The van der Waals surface area contributed by atoms with Crippen molar-refractivity contribution < 1.29 is 22.8 Å². The molecule has 0 saturated heterocycles. The molecule has 2 heterocycles. The monoisotopic (exact) mass is 507 g/mol. The van der Waals surface area contributed by atoms with Crippen LogP contribution in [0.1, 0.15) is 46.1 Å². The molecule has 1 saturated carbocycles. The summed E-state index contributed by atoms with van der Waals surface area (Å²) in [5.74, 6) is -0.130. The first-order chi connectivity index (χ1) is 17.7. The highest BCUT2D eigenvalue weighted by atomic mass is 19.4. The van der Waals surface area contributed by atoms with E-state index >= 15 is 0 Å². The number of carbonyl (C=O) groups excluding carboxylic acids is 2. The molecule has 0 unspecified atom stereocenters. The first kappa shape index (κ1) is 24.4. The van der Waals surface area contributed by atoms with Gasteiger partial charge in [0.2, 0.25) is 0 Å². The molecule has 190 valence electrons. The number of fused-ring (bicyclic) bond motifs is 1. The van der Waals surface area contributed by atoms with E-state index in [0.29, 0.717) is 17.0 Å². The van der Waals surface area contributed by atoms with Gasteiger partial charge >= 0.3 is 12.2 Å². The van der Waals surface area contributed by atoms with Crippen molar-refractivity contribution in [3.8, 4) is 0 Å². The third-order valence-corrected chi connectivity index (χ3v) is 6.35. The molecule has 0 spiro atoms. The molecule has 0 bridgehead atoms. The number of aryl methyl sites for hydroxylation is 1. The quantitative estimate of drug-likeness (QED) is 0.291. The Morgan fingerprint density at radius 3 is 2.59 bits per heavy atom. The largest absolute Gasteiger partial charge is 0.416 e. The van der Waals surface area contributed by atoms with Crippen LogP contribution >= 0.6 is 0 Å². The maximum Gasteiger partial charge on any atom is 0.416 e. The van der Waals surface area contributed by atoms with Crippen molar-refractivity contribution in [2.24, 2.45) is 5.92 Å². The fourth-order valence-electron chi connectivity index (χ4n) is 4.24. The van der Waals surface area contributed by atoms with E-state index in [1.165, 1.54) is 18.3 Å². The zero-order valence-corrected chi connectivity index (χ0v) is 19.8. The number of nitrogens with zero attached hydrogens (tertiary/aromatic N) is 2. The van der Waals surface area contributed by atoms with Crippen LogP contribution in [0.25, 0.3) is 5.65 Å². The number of anilines is 2. The summed E-state index contributed by atoms with van der Waals surface area (Å²) in [5, 5.41) is 8.34. The van der Waals surface area contributed by atoms with Crippen LogP contribution in [-0.2, 0) is 6.18 Å². The second-order valence-electron chi connectivity index (χ2n) is 9.09. The zero-order valence-electron chi connectivity index (χ0n) is 19.8. The van der Waals surface area contributed by atoms with Crippen LogP contribution in [0, 0.1) is 12.8 Å². The minimum atomic E-state index is -4.50. The Bertz CT molecular complexity index is 1480. The van der Waals surface area contributed by atoms with Gasteiger partial charge in [-0.1, -0.05) is 24.3 Å². The number of rotatable bonds is 6. The van der Waals surface area contributed by atoms with Crippen LogP contribution in [0.4, 0.5) is 29.3 Å². The number of aromatic nitrogens is 2. The molecular weight excluding hydrogens is 483 g/mol. The van der Waals surface area contributed by atoms with Gasteiger partial charge in [0.15, 0.2) is 0 Å². The molecule has 37 heavy (non-hydrogen) atoms. The van der Waals surface area contributed by atoms with Gasteiger partial charge in [0.05, 0.1) is 17.8 Å². The van der Waals surface area contributed by atoms with Crippen LogP contribution in [0.2, 0.25) is 0 Å². The number of alkyl halides is 3. The van der Waals surface area contributed by atoms with Crippen molar-refractivity contribution >= 4 is 29.0 Å². The molecule has 7 nitrogen and oxygen atoms in total. The van der Waals surface area contributed by atoms with Gasteiger partial charge in [-0.05, 0) is 73.2 Å². The molecule has 4 aromatic rings. The molecular formula is C27H24F3N5O2. The average molecular weight is 508 g/mol. The minimum Gasteiger partial charge on any atom is -0.331 e. The number of nitrogens with one attached hydrogen (secondary N) is 3. The summed E-state index contributed by atoms with van der Waals surface area (Å²) in [5.41, 5.74) is 2.48. The first-order valence-corrected chi connectivity index (χ1v) is 11.8. The van der Waals surface area contributed by atoms with Crippen molar-refractivity contribution in [2.45, 2.75) is 32.0 Å². The summed E-state index contributed by atoms with van der Waals surface area (Å²) in [6.45, 7) is 1.87. The lowest BCUT2D eigenvalue weighted by atomic mass is 9.99. The Morgan fingerprint density at radius 1 is 1.03 bits per heavy atom. The smallest absolute Gasteiger partial charge is 0.331 e. The number of pyridine rings is 1. The number of halogens is 3. The molecule has 1 fully saturated rings. The predicted octanol–water partition coefficient (Wildman–Crippen LogP) is 6.19. The minimum absolute atomic E-state index is 0.0479. The molecule has 2 aromatic heterocycles. The van der Waals surface area contributed by atoms with Gasteiger partial charge in [0.25, 0.3) is 5.91 Å². The summed E-state index contributed by atoms with van der Waals surface area (Å²) in [7, 11) is 0. The summed E-state index contributed by atoms with van der Waals surface area (Å²) >= 11 is 0. The Hall–Kier alpha value is -4.34. The Kier molecular flexibility index (Phi) is 6.32. The van der Waals surface area contributed by atoms with E-state index in [0.717, 1.165) is 36.1 Å². The third kappa shape index (κ3) is 5.42. The topological polar surface area (TPSA) is 87.5 Å². The van der Waals surface area contributed by atoms with E-state index in [1.54, 1.807) is 16.7 Å². The number of hydrogen-bond acceptors (Lipinski definition) is 3. The number of amides is 3. The van der Waals surface area contributed by atoms with Crippen LogP contribution < -0.4 is 16.0 Å². The van der Waals surface area contributed by atoms with Gasteiger partial charge in [0.1, 0.15) is 11.3 Å². The van der Waals surface area contributed by atoms with Crippen molar-refractivity contribution in [1.29, 1.82) is 0 Å². The fraction of sp³-hybridized carbons (Fsp3) is 0.222. The SMILES string of the molecule is Cc1ccc([C@@H](NC(=O)Nc2cccc(C(F)(F)F)c2)C2CC2)cc1NC(=O)c1cnc2ccccn12. The van der Waals surface area contributed by atoms with Gasteiger partial charge in [0, 0.05) is 17.6 Å². The Balaban J connectivity index is 1.33.